The summed E-state index contributed by atoms with van der Waals surface area (Å²) in [4.78, 5) is 11.6. The summed E-state index contributed by atoms with van der Waals surface area (Å²) in [7, 11) is 0. The lowest BCUT2D eigenvalue weighted by atomic mass is 10.0. The van der Waals surface area contributed by atoms with Crippen LogP contribution in [0.25, 0.3) is 0 Å². The van der Waals surface area contributed by atoms with E-state index in [2.05, 4.69) is 22.4 Å². The number of nitrogens with one attached hydrogen (secondary N) is 2. The maximum Gasteiger partial charge on any atom is 0.228 e. The van der Waals surface area contributed by atoms with Gasteiger partial charge in [0.15, 0.2) is 5.82 Å². The molecule has 1 heterocycles. The van der Waals surface area contributed by atoms with Crippen LogP contribution < -0.4 is 5.32 Å². The van der Waals surface area contributed by atoms with E-state index in [0.29, 0.717) is 5.82 Å². The molecule has 96 valence electrons. The molecular weight excluding hydrogens is 218 g/mol. The largest absolute Gasteiger partial charge is 0.392 e. The molecule has 0 aromatic carbocycles. The monoisotopic (exact) mass is 239 g/mol. The smallest absolute Gasteiger partial charge is 0.228 e. The Bertz CT molecular complexity index is 360. The van der Waals surface area contributed by atoms with E-state index in [1.54, 1.807) is 0 Å². The minimum atomic E-state index is -0.607. The third-order valence-corrected chi connectivity index (χ3v) is 2.58. The number of carbonyl (C=O) groups is 1. The summed E-state index contributed by atoms with van der Waals surface area (Å²) in [6, 6.07) is 1.82. The highest BCUT2D eigenvalue weighted by Crippen LogP contribution is 2.10. The fourth-order valence-corrected chi connectivity index (χ4v) is 1.44. The number of amides is 1. The van der Waals surface area contributed by atoms with Crippen molar-refractivity contribution in [3.63, 3.8) is 0 Å². The average molecular weight is 239 g/mol. The molecule has 0 radical (unpaired) electrons. The molecule has 0 bridgehead atoms. The van der Waals surface area contributed by atoms with Crippen LogP contribution in [-0.2, 0) is 11.2 Å². The second-order valence-corrected chi connectivity index (χ2v) is 4.59. The molecule has 1 atom stereocenters. The molecule has 0 aliphatic heterocycles. The number of aliphatic hydroxyl groups excluding tert-OH is 1. The Morgan fingerprint density at radius 2 is 2.29 bits per heavy atom. The van der Waals surface area contributed by atoms with Crippen LogP contribution in [0.15, 0.2) is 6.07 Å². The topological polar surface area (TPSA) is 78.0 Å². The van der Waals surface area contributed by atoms with E-state index in [1.807, 2.05) is 19.9 Å². The molecule has 5 nitrogen and oxygen atoms in total. The van der Waals surface area contributed by atoms with Crippen molar-refractivity contribution in [2.45, 2.75) is 46.1 Å². The number of aryl methyl sites for hydroxylation is 1. The fraction of sp³-hybridized carbons (Fsp3) is 0.667. The van der Waals surface area contributed by atoms with E-state index >= 15 is 0 Å². The van der Waals surface area contributed by atoms with Crippen LogP contribution in [0.2, 0.25) is 0 Å². The van der Waals surface area contributed by atoms with Crippen LogP contribution in [0.3, 0.4) is 0 Å². The third-order valence-electron chi connectivity index (χ3n) is 2.58. The van der Waals surface area contributed by atoms with Crippen molar-refractivity contribution in [2.24, 2.45) is 5.92 Å². The zero-order chi connectivity index (χ0) is 12.8. The van der Waals surface area contributed by atoms with Gasteiger partial charge in [-0.25, -0.2) is 0 Å². The maximum absolute atomic E-state index is 11.6. The molecule has 1 rings (SSSR count). The van der Waals surface area contributed by atoms with Gasteiger partial charge in [-0.2, -0.15) is 5.10 Å². The van der Waals surface area contributed by atoms with Crippen LogP contribution in [0.4, 0.5) is 5.82 Å². The summed E-state index contributed by atoms with van der Waals surface area (Å²) in [6.07, 6.45) is 1.44. The highest BCUT2D eigenvalue weighted by Gasteiger charge is 2.15. The number of anilines is 1. The molecule has 0 spiro atoms. The Labute approximate surface area is 102 Å². The maximum atomic E-state index is 11.6. The van der Waals surface area contributed by atoms with Gasteiger partial charge in [-0.05, 0) is 12.3 Å². The summed E-state index contributed by atoms with van der Waals surface area (Å²) in [6.45, 7) is 5.84. The molecular formula is C12H21N3O2. The van der Waals surface area contributed by atoms with Crippen molar-refractivity contribution in [1.29, 1.82) is 0 Å². The molecule has 1 amide bonds. The predicted molar refractivity (Wildman–Crippen MR) is 66.7 cm³/mol. The molecule has 1 unspecified atom stereocenters. The van der Waals surface area contributed by atoms with Gasteiger partial charge >= 0.3 is 0 Å². The lowest BCUT2D eigenvalue weighted by Crippen LogP contribution is -2.23. The Morgan fingerprint density at radius 1 is 1.59 bits per heavy atom. The number of aliphatic hydroxyl groups is 1. The average Bonchev–Trinajstić information content (AvgIpc) is 2.65. The van der Waals surface area contributed by atoms with Gasteiger partial charge in [-0.1, -0.05) is 27.2 Å². The van der Waals surface area contributed by atoms with Crippen LogP contribution in [0.1, 0.15) is 39.3 Å². The van der Waals surface area contributed by atoms with Crippen LogP contribution in [0.5, 0.6) is 0 Å². The molecule has 0 saturated heterocycles. The Hall–Kier alpha value is -1.36. The van der Waals surface area contributed by atoms with Crippen molar-refractivity contribution in [3.8, 4) is 0 Å². The molecule has 1 aromatic heterocycles. The van der Waals surface area contributed by atoms with Gasteiger partial charge in [0.25, 0.3) is 0 Å². The lowest BCUT2D eigenvalue weighted by molar-refractivity contribution is -0.118. The number of aromatic amines is 1. The first-order chi connectivity index (χ1) is 8.02. The van der Waals surface area contributed by atoms with Gasteiger partial charge < -0.3 is 10.4 Å². The first kappa shape index (κ1) is 13.7. The van der Waals surface area contributed by atoms with E-state index < -0.39 is 6.10 Å². The van der Waals surface area contributed by atoms with Gasteiger partial charge in [0, 0.05) is 11.8 Å². The minimum Gasteiger partial charge on any atom is -0.392 e. The standard InChI is InChI=1S/C12H21N3O2/c1-4-5-9-6-11(15-14-9)13-12(17)7-10(16)8(2)3/h6,8,10,16H,4-5,7H2,1-3H3,(H2,13,14,15,17). The van der Waals surface area contributed by atoms with Crippen molar-refractivity contribution >= 4 is 11.7 Å². The minimum absolute atomic E-state index is 0.0792. The Balaban J connectivity index is 2.44. The number of H-pyrrole nitrogens is 1. The van der Waals surface area contributed by atoms with Crippen molar-refractivity contribution in [2.75, 3.05) is 5.32 Å². The number of aromatic nitrogens is 2. The highest BCUT2D eigenvalue weighted by atomic mass is 16.3. The van der Waals surface area contributed by atoms with Crippen molar-refractivity contribution < 1.29 is 9.90 Å². The molecule has 0 fully saturated rings. The summed E-state index contributed by atoms with van der Waals surface area (Å²) >= 11 is 0. The molecule has 17 heavy (non-hydrogen) atoms. The van der Waals surface area contributed by atoms with Crippen LogP contribution in [0, 0.1) is 5.92 Å². The SMILES string of the molecule is CCCc1cc(NC(=O)CC(O)C(C)C)n[nH]1. The predicted octanol–water partition coefficient (Wildman–Crippen LogP) is 1.71. The van der Waals surface area contributed by atoms with E-state index in [9.17, 15) is 9.90 Å². The number of hydrogen-bond donors (Lipinski definition) is 3. The quantitative estimate of drug-likeness (QED) is 0.707. The first-order valence-corrected chi connectivity index (χ1v) is 6.05. The Morgan fingerprint density at radius 3 is 2.88 bits per heavy atom. The second-order valence-electron chi connectivity index (χ2n) is 4.59. The van der Waals surface area contributed by atoms with E-state index in [4.69, 9.17) is 0 Å². The number of rotatable bonds is 6. The zero-order valence-corrected chi connectivity index (χ0v) is 10.7. The van der Waals surface area contributed by atoms with E-state index in [-0.39, 0.29) is 18.2 Å². The molecule has 5 heteroatoms. The van der Waals surface area contributed by atoms with Gasteiger partial charge in [0.1, 0.15) is 0 Å². The molecule has 1 aromatic rings. The third kappa shape index (κ3) is 4.56. The van der Waals surface area contributed by atoms with Gasteiger partial charge in [-0.15, -0.1) is 0 Å². The highest BCUT2D eigenvalue weighted by molar-refractivity contribution is 5.90. The summed E-state index contributed by atoms with van der Waals surface area (Å²) in [5, 5.41) is 19.1. The molecule has 0 aliphatic rings. The van der Waals surface area contributed by atoms with Crippen molar-refractivity contribution in [1.82, 2.24) is 10.2 Å². The van der Waals surface area contributed by atoms with Crippen molar-refractivity contribution in [3.05, 3.63) is 11.8 Å². The van der Waals surface area contributed by atoms with E-state index in [0.717, 1.165) is 18.5 Å². The number of hydrogen-bond acceptors (Lipinski definition) is 3. The normalized spacial score (nSPS) is 12.8. The molecule has 0 saturated carbocycles. The Kier molecular flexibility index (Phi) is 5.15. The lowest BCUT2D eigenvalue weighted by Gasteiger charge is -2.12. The van der Waals surface area contributed by atoms with Gasteiger partial charge in [0.05, 0.1) is 12.5 Å². The number of carbonyl (C=O) groups excluding carboxylic acids is 1. The summed E-state index contributed by atoms with van der Waals surface area (Å²) < 4.78 is 0. The molecule has 3 N–H and O–H groups in total. The fourth-order valence-electron chi connectivity index (χ4n) is 1.44. The summed E-state index contributed by atoms with van der Waals surface area (Å²) in [5.41, 5.74) is 1.01. The van der Waals surface area contributed by atoms with Gasteiger partial charge in [-0.3, -0.25) is 9.89 Å². The summed E-state index contributed by atoms with van der Waals surface area (Å²) in [5.74, 6) is 0.394. The number of nitrogens with zero attached hydrogens (tertiary/aromatic N) is 1. The van der Waals surface area contributed by atoms with E-state index in [1.165, 1.54) is 0 Å². The molecule has 0 aliphatic carbocycles. The van der Waals surface area contributed by atoms with Gasteiger partial charge in [0.2, 0.25) is 5.91 Å². The zero-order valence-electron chi connectivity index (χ0n) is 10.7. The second kappa shape index (κ2) is 6.39. The first-order valence-electron chi connectivity index (χ1n) is 6.05. The van der Waals surface area contributed by atoms with Crippen LogP contribution >= 0.6 is 0 Å². The van der Waals surface area contributed by atoms with Crippen LogP contribution in [-0.4, -0.2) is 27.3 Å².